The van der Waals surface area contributed by atoms with E-state index in [1.165, 1.54) is 0 Å². The van der Waals surface area contributed by atoms with E-state index in [4.69, 9.17) is 5.73 Å². The standard InChI is InChI=1S/C9H11N5S/c10-2-4-13-9-12-3-1-7(14-9)8-5-11-6-15-8/h1,3,5-6H,2,4,10H2,(H,12,13,14). The van der Waals surface area contributed by atoms with Crippen molar-refractivity contribution >= 4 is 17.3 Å². The van der Waals surface area contributed by atoms with Crippen molar-refractivity contribution in [2.45, 2.75) is 0 Å². The Morgan fingerprint density at radius 2 is 2.40 bits per heavy atom. The first-order valence-corrected chi connectivity index (χ1v) is 5.44. The van der Waals surface area contributed by atoms with Crippen LogP contribution >= 0.6 is 11.3 Å². The molecule has 0 aliphatic carbocycles. The Morgan fingerprint density at radius 3 is 3.13 bits per heavy atom. The van der Waals surface area contributed by atoms with E-state index in [9.17, 15) is 0 Å². The van der Waals surface area contributed by atoms with Gasteiger partial charge < -0.3 is 11.1 Å². The van der Waals surface area contributed by atoms with Crippen LogP contribution in [0.5, 0.6) is 0 Å². The third-order valence-corrected chi connectivity index (χ3v) is 2.56. The Morgan fingerprint density at radius 1 is 1.47 bits per heavy atom. The van der Waals surface area contributed by atoms with Crippen molar-refractivity contribution in [3.8, 4) is 10.6 Å². The van der Waals surface area contributed by atoms with Gasteiger partial charge >= 0.3 is 0 Å². The van der Waals surface area contributed by atoms with Gasteiger partial charge in [0.05, 0.1) is 16.1 Å². The van der Waals surface area contributed by atoms with Crippen molar-refractivity contribution < 1.29 is 0 Å². The van der Waals surface area contributed by atoms with Crippen LogP contribution in [0.25, 0.3) is 10.6 Å². The Balaban J connectivity index is 2.19. The molecule has 0 saturated heterocycles. The maximum absolute atomic E-state index is 5.38. The van der Waals surface area contributed by atoms with Crippen LogP contribution in [0.3, 0.4) is 0 Å². The fraction of sp³-hybridized carbons (Fsp3) is 0.222. The Bertz CT molecular complexity index is 414. The monoisotopic (exact) mass is 221 g/mol. The molecule has 2 heterocycles. The topological polar surface area (TPSA) is 76.7 Å². The summed E-state index contributed by atoms with van der Waals surface area (Å²) in [6, 6.07) is 1.86. The van der Waals surface area contributed by atoms with Crippen molar-refractivity contribution in [2.24, 2.45) is 5.73 Å². The van der Waals surface area contributed by atoms with Crippen LogP contribution in [0.2, 0.25) is 0 Å². The van der Waals surface area contributed by atoms with Crippen molar-refractivity contribution in [1.29, 1.82) is 0 Å². The minimum atomic E-state index is 0.564. The number of hydrogen-bond donors (Lipinski definition) is 2. The lowest BCUT2D eigenvalue weighted by molar-refractivity contribution is 0.991. The molecule has 78 valence electrons. The first-order valence-electron chi connectivity index (χ1n) is 4.56. The predicted molar refractivity (Wildman–Crippen MR) is 60.7 cm³/mol. The van der Waals surface area contributed by atoms with Crippen LogP contribution in [-0.4, -0.2) is 28.0 Å². The van der Waals surface area contributed by atoms with E-state index in [-0.39, 0.29) is 0 Å². The molecule has 2 rings (SSSR count). The van der Waals surface area contributed by atoms with Gasteiger partial charge in [0, 0.05) is 25.5 Å². The van der Waals surface area contributed by atoms with Gasteiger partial charge in [-0.1, -0.05) is 0 Å². The second-order valence-electron chi connectivity index (χ2n) is 2.85. The van der Waals surface area contributed by atoms with Crippen molar-refractivity contribution in [3.05, 3.63) is 24.0 Å². The number of nitrogens with zero attached hydrogens (tertiary/aromatic N) is 3. The maximum atomic E-state index is 5.38. The molecule has 0 bridgehead atoms. The lowest BCUT2D eigenvalue weighted by Gasteiger charge is -2.03. The van der Waals surface area contributed by atoms with Gasteiger partial charge in [-0.2, -0.15) is 0 Å². The van der Waals surface area contributed by atoms with Gasteiger partial charge in [0.25, 0.3) is 0 Å². The van der Waals surface area contributed by atoms with Crippen LogP contribution in [0, 0.1) is 0 Å². The number of aromatic nitrogens is 3. The first-order chi connectivity index (χ1) is 7.40. The molecule has 5 nitrogen and oxygen atoms in total. The summed E-state index contributed by atoms with van der Waals surface area (Å²) < 4.78 is 0. The quantitative estimate of drug-likeness (QED) is 0.804. The molecule has 15 heavy (non-hydrogen) atoms. The van der Waals surface area contributed by atoms with Gasteiger partial charge in [-0.3, -0.25) is 4.98 Å². The molecule has 0 aliphatic heterocycles. The summed E-state index contributed by atoms with van der Waals surface area (Å²) >= 11 is 1.55. The zero-order valence-electron chi connectivity index (χ0n) is 8.05. The molecule has 0 atom stereocenters. The van der Waals surface area contributed by atoms with Crippen LogP contribution in [0.4, 0.5) is 5.95 Å². The summed E-state index contributed by atoms with van der Waals surface area (Å²) in [4.78, 5) is 13.5. The SMILES string of the molecule is NCCNc1nccc(-c2cncs2)n1. The fourth-order valence-corrected chi connectivity index (χ4v) is 1.70. The number of nitrogens with one attached hydrogen (secondary N) is 1. The van der Waals surface area contributed by atoms with E-state index in [1.54, 1.807) is 29.2 Å². The predicted octanol–water partition coefficient (Wildman–Crippen LogP) is 0.971. The zero-order chi connectivity index (χ0) is 10.5. The highest BCUT2D eigenvalue weighted by Crippen LogP contribution is 2.20. The minimum absolute atomic E-state index is 0.564. The number of anilines is 1. The zero-order valence-corrected chi connectivity index (χ0v) is 8.87. The minimum Gasteiger partial charge on any atom is -0.353 e. The summed E-state index contributed by atoms with van der Waals surface area (Å²) in [7, 11) is 0. The van der Waals surface area contributed by atoms with Gasteiger partial charge in [0.1, 0.15) is 0 Å². The summed E-state index contributed by atoms with van der Waals surface area (Å²) in [6.07, 6.45) is 3.51. The summed E-state index contributed by atoms with van der Waals surface area (Å²) in [5.74, 6) is 0.603. The van der Waals surface area contributed by atoms with Crippen LogP contribution in [0.1, 0.15) is 0 Å². The van der Waals surface area contributed by atoms with Crippen molar-refractivity contribution in [1.82, 2.24) is 15.0 Å². The van der Waals surface area contributed by atoms with E-state index < -0.39 is 0 Å². The van der Waals surface area contributed by atoms with Gasteiger partial charge in [-0.15, -0.1) is 11.3 Å². The molecule has 0 spiro atoms. The molecule has 0 radical (unpaired) electrons. The smallest absolute Gasteiger partial charge is 0.223 e. The van der Waals surface area contributed by atoms with Crippen LogP contribution in [0.15, 0.2) is 24.0 Å². The van der Waals surface area contributed by atoms with E-state index >= 15 is 0 Å². The average molecular weight is 221 g/mol. The maximum Gasteiger partial charge on any atom is 0.223 e. The van der Waals surface area contributed by atoms with E-state index in [2.05, 4.69) is 20.3 Å². The largest absolute Gasteiger partial charge is 0.353 e. The molecule has 6 heteroatoms. The summed E-state index contributed by atoms with van der Waals surface area (Å²) in [5.41, 5.74) is 8.05. The molecule has 0 unspecified atom stereocenters. The summed E-state index contributed by atoms with van der Waals surface area (Å²) in [6.45, 7) is 1.24. The Kier molecular flexibility index (Phi) is 3.21. The van der Waals surface area contributed by atoms with Gasteiger partial charge in [-0.25, -0.2) is 9.97 Å². The molecule has 0 amide bonds. The molecule has 3 N–H and O–H groups in total. The normalized spacial score (nSPS) is 10.2. The highest BCUT2D eigenvalue weighted by atomic mass is 32.1. The lowest BCUT2D eigenvalue weighted by Crippen LogP contribution is -2.14. The van der Waals surface area contributed by atoms with E-state index in [0.29, 0.717) is 19.0 Å². The number of thiazole rings is 1. The number of hydrogen-bond acceptors (Lipinski definition) is 6. The van der Waals surface area contributed by atoms with Crippen LogP contribution in [-0.2, 0) is 0 Å². The van der Waals surface area contributed by atoms with E-state index in [0.717, 1.165) is 10.6 Å². The second-order valence-corrected chi connectivity index (χ2v) is 3.73. The van der Waals surface area contributed by atoms with Crippen LogP contribution < -0.4 is 11.1 Å². The third kappa shape index (κ3) is 2.48. The van der Waals surface area contributed by atoms with Gasteiger partial charge in [0.15, 0.2) is 0 Å². The molecular weight excluding hydrogens is 210 g/mol. The van der Waals surface area contributed by atoms with Crippen molar-refractivity contribution in [3.63, 3.8) is 0 Å². The first kappa shape index (κ1) is 10.0. The summed E-state index contributed by atoms with van der Waals surface area (Å²) in [5, 5.41) is 3.03. The highest BCUT2D eigenvalue weighted by Gasteiger charge is 2.02. The fourth-order valence-electron chi connectivity index (χ4n) is 1.11. The third-order valence-electron chi connectivity index (χ3n) is 1.77. The molecule has 2 aromatic heterocycles. The Hall–Kier alpha value is -1.53. The number of nitrogens with two attached hydrogens (primary N) is 1. The van der Waals surface area contributed by atoms with Gasteiger partial charge in [-0.05, 0) is 6.07 Å². The molecule has 0 aliphatic rings. The van der Waals surface area contributed by atoms with E-state index in [1.807, 2.05) is 6.07 Å². The highest BCUT2D eigenvalue weighted by molar-refractivity contribution is 7.13. The lowest BCUT2D eigenvalue weighted by atomic mass is 10.4. The average Bonchev–Trinajstić information content (AvgIpc) is 2.80. The Labute approximate surface area is 91.4 Å². The number of rotatable bonds is 4. The molecule has 2 aromatic rings. The van der Waals surface area contributed by atoms with Gasteiger partial charge in [0.2, 0.25) is 5.95 Å². The molecule has 0 aromatic carbocycles. The molecular formula is C9H11N5S. The second kappa shape index (κ2) is 4.81. The van der Waals surface area contributed by atoms with Crippen molar-refractivity contribution in [2.75, 3.05) is 18.4 Å². The molecule has 0 saturated carbocycles. The molecule has 0 fully saturated rings.